The highest BCUT2D eigenvalue weighted by atomic mass is 16.4. The predicted molar refractivity (Wildman–Crippen MR) is 76.1 cm³/mol. The van der Waals surface area contributed by atoms with Crippen LogP contribution in [-0.4, -0.2) is 17.1 Å². The number of benzene rings is 1. The van der Waals surface area contributed by atoms with E-state index in [9.17, 15) is 4.79 Å². The van der Waals surface area contributed by atoms with Crippen molar-refractivity contribution in [3.8, 4) is 0 Å². The summed E-state index contributed by atoms with van der Waals surface area (Å²) in [4.78, 5) is 11.0. The number of aryl methyl sites for hydroxylation is 2. The third-order valence-corrected chi connectivity index (χ3v) is 4.11. The molecule has 2 atom stereocenters. The van der Waals surface area contributed by atoms with Crippen LogP contribution in [0.15, 0.2) is 18.2 Å². The van der Waals surface area contributed by atoms with E-state index in [1.807, 2.05) is 0 Å². The second-order valence-electron chi connectivity index (χ2n) is 5.71. The molecule has 2 rings (SSSR count). The van der Waals surface area contributed by atoms with Crippen molar-refractivity contribution < 1.29 is 9.90 Å². The molecule has 1 aromatic carbocycles. The molecule has 0 amide bonds. The van der Waals surface area contributed by atoms with Gasteiger partial charge in [-0.3, -0.25) is 4.79 Å². The van der Waals surface area contributed by atoms with Gasteiger partial charge in [-0.15, -0.1) is 0 Å². The summed E-state index contributed by atoms with van der Waals surface area (Å²) in [5.74, 6) is -0.803. The molecular weight excluding hydrogens is 238 g/mol. The van der Waals surface area contributed by atoms with Crippen molar-refractivity contribution in [3.63, 3.8) is 0 Å². The van der Waals surface area contributed by atoms with Crippen molar-refractivity contribution in [2.45, 2.75) is 52.1 Å². The molecule has 1 fully saturated rings. The average Bonchev–Trinajstić information content (AvgIpc) is 2.40. The fourth-order valence-electron chi connectivity index (χ4n) is 2.84. The highest BCUT2D eigenvalue weighted by molar-refractivity contribution is 5.70. The smallest absolute Gasteiger partial charge is 0.306 e. The maximum Gasteiger partial charge on any atom is 0.306 e. The molecule has 0 aromatic heterocycles. The van der Waals surface area contributed by atoms with Gasteiger partial charge in [0.15, 0.2) is 0 Å². The lowest BCUT2D eigenvalue weighted by Gasteiger charge is -2.27. The summed E-state index contributed by atoms with van der Waals surface area (Å²) in [5, 5.41) is 12.6. The second kappa shape index (κ2) is 6.20. The van der Waals surface area contributed by atoms with E-state index in [2.05, 4.69) is 37.4 Å². The summed E-state index contributed by atoms with van der Waals surface area (Å²) < 4.78 is 0. The van der Waals surface area contributed by atoms with Gasteiger partial charge < -0.3 is 10.4 Å². The van der Waals surface area contributed by atoms with Crippen LogP contribution in [0.2, 0.25) is 0 Å². The van der Waals surface area contributed by atoms with Crippen molar-refractivity contribution in [1.29, 1.82) is 0 Å². The average molecular weight is 261 g/mol. The Labute approximate surface area is 115 Å². The Kier molecular flexibility index (Phi) is 4.59. The summed E-state index contributed by atoms with van der Waals surface area (Å²) in [6, 6.07) is 6.82. The zero-order valence-corrected chi connectivity index (χ0v) is 11.8. The van der Waals surface area contributed by atoms with Gasteiger partial charge in [0.2, 0.25) is 0 Å². The van der Waals surface area contributed by atoms with Crippen LogP contribution in [0.5, 0.6) is 0 Å². The Bertz CT molecular complexity index is 456. The zero-order valence-electron chi connectivity index (χ0n) is 11.8. The molecule has 0 radical (unpaired) electrons. The minimum absolute atomic E-state index is 0.162. The monoisotopic (exact) mass is 261 g/mol. The third kappa shape index (κ3) is 3.80. The lowest BCUT2D eigenvalue weighted by Crippen LogP contribution is -2.36. The molecule has 3 nitrogen and oxygen atoms in total. The fourth-order valence-corrected chi connectivity index (χ4v) is 2.84. The van der Waals surface area contributed by atoms with Gasteiger partial charge in [-0.2, -0.15) is 0 Å². The van der Waals surface area contributed by atoms with Gasteiger partial charge in [-0.05, 0) is 44.2 Å². The largest absolute Gasteiger partial charge is 0.481 e. The molecule has 0 heterocycles. The van der Waals surface area contributed by atoms with Crippen LogP contribution in [0.25, 0.3) is 0 Å². The molecule has 1 saturated carbocycles. The number of aliphatic carboxylic acids is 1. The van der Waals surface area contributed by atoms with E-state index in [4.69, 9.17) is 5.11 Å². The normalized spacial score (nSPS) is 23.3. The van der Waals surface area contributed by atoms with Crippen LogP contribution < -0.4 is 5.32 Å². The van der Waals surface area contributed by atoms with Crippen LogP contribution in [0.1, 0.15) is 42.4 Å². The van der Waals surface area contributed by atoms with Crippen molar-refractivity contribution in [3.05, 3.63) is 34.9 Å². The number of carbonyl (C=O) groups is 1. The van der Waals surface area contributed by atoms with Gasteiger partial charge in [-0.25, -0.2) is 0 Å². The van der Waals surface area contributed by atoms with Gasteiger partial charge in [-0.1, -0.05) is 30.2 Å². The highest BCUT2D eigenvalue weighted by Gasteiger charge is 2.26. The molecule has 19 heavy (non-hydrogen) atoms. The second-order valence-corrected chi connectivity index (χ2v) is 5.71. The number of carboxylic acid groups (broad SMARTS) is 1. The van der Waals surface area contributed by atoms with Crippen molar-refractivity contribution >= 4 is 5.97 Å². The molecular formula is C16H23NO2. The first-order chi connectivity index (χ1) is 9.06. The molecule has 2 unspecified atom stereocenters. The van der Waals surface area contributed by atoms with E-state index in [-0.39, 0.29) is 5.92 Å². The van der Waals surface area contributed by atoms with Crippen molar-refractivity contribution in [1.82, 2.24) is 5.32 Å². The first kappa shape index (κ1) is 14.1. The minimum atomic E-state index is -0.641. The minimum Gasteiger partial charge on any atom is -0.481 e. The lowest BCUT2D eigenvalue weighted by atomic mass is 9.85. The fraction of sp³-hybridized carbons (Fsp3) is 0.562. The number of carboxylic acids is 1. The Hall–Kier alpha value is -1.35. The Morgan fingerprint density at radius 2 is 2.16 bits per heavy atom. The van der Waals surface area contributed by atoms with Crippen molar-refractivity contribution in [2.75, 3.05) is 0 Å². The maximum atomic E-state index is 11.0. The van der Waals surface area contributed by atoms with E-state index in [0.29, 0.717) is 6.04 Å². The zero-order chi connectivity index (χ0) is 13.8. The molecule has 0 spiro atoms. The molecule has 1 aliphatic rings. The summed E-state index contributed by atoms with van der Waals surface area (Å²) in [6.07, 6.45) is 3.70. The molecule has 0 aliphatic heterocycles. The van der Waals surface area contributed by atoms with E-state index in [0.717, 1.165) is 32.2 Å². The van der Waals surface area contributed by atoms with E-state index < -0.39 is 5.97 Å². The first-order valence-electron chi connectivity index (χ1n) is 7.08. The van der Waals surface area contributed by atoms with Crippen LogP contribution in [0.4, 0.5) is 0 Å². The molecule has 2 N–H and O–H groups in total. The number of rotatable bonds is 4. The predicted octanol–water partition coefficient (Wildman–Crippen LogP) is 3.04. The van der Waals surface area contributed by atoms with Gasteiger partial charge >= 0.3 is 5.97 Å². The first-order valence-corrected chi connectivity index (χ1v) is 7.08. The topological polar surface area (TPSA) is 49.3 Å². The molecule has 3 heteroatoms. The van der Waals surface area contributed by atoms with Gasteiger partial charge in [0.1, 0.15) is 0 Å². The number of hydrogen-bond donors (Lipinski definition) is 2. The number of hydrogen-bond acceptors (Lipinski definition) is 2. The summed E-state index contributed by atoms with van der Waals surface area (Å²) >= 11 is 0. The summed E-state index contributed by atoms with van der Waals surface area (Å²) in [7, 11) is 0. The lowest BCUT2D eigenvalue weighted by molar-refractivity contribution is -0.143. The van der Waals surface area contributed by atoms with Gasteiger partial charge in [0.05, 0.1) is 5.92 Å². The van der Waals surface area contributed by atoms with Crippen molar-refractivity contribution in [2.24, 2.45) is 5.92 Å². The summed E-state index contributed by atoms with van der Waals surface area (Å²) in [5.41, 5.74) is 3.88. The Balaban J connectivity index is 1.91. The van der Waals surface area contributed by atoms with Gasteiger partial charge in [0.25, 0.3) is 0 Å². The third-order valence-electron chi connectivity index (χ3n) is 4.11. The number of nitrogens with one attached hydrogen (secondary N) is 1. The Morgan fingerprint density at radius 3 is 2.89 bits per heavy atom. The Morgan fingerprint density at radius 1 is 1.37 bits per heavy atom. The van der Waals surface area contributed by atoms with Crippen LogP contribution in [0, 0.1) is 19.8 Å². The molecule has 1 aliphatic carbocycles. The molecule has 0 bridgehead atoms. The van der Waals surface area contributed by atoms with E-state index in [1.165, 1.54) is 16.7 Å². The van der Waals surface area contributed by atoms with Gasteiger partial charge in [0, 0.05) is 12.6 Å². The highest BCUT2D eigenvalue weighted by Crippen LogP contribution is 2.25. The summed E-state index contributed by atoms with van der Waals surface area (Å²) in [6.45, 7) is 5.06. The van der Waals surface area contributed by atoms with E-state index in [1.54, 1.807) is 0 Å². The van der Waals surface area contributed by atoms with Crippen LogP contribution >= 0.6 is 0 Å². The molecule has 0 saturated heterocycles. The van der Waals surface area contributed by atoms with Crippen LogP contribution in [-0.2, 0) is 11.3 Å². The quantitative estimate of drug-likeness (QED) is 0.876. The maximum absolute atomic E-state index is 11.0. The van der Waals surface area contributed by atoms with E-state index >= 15 is 0 Å². The standard InChI is InChI=1S/C16H23NO2/c1-11-6-7-12(2)14(8-11)10-17-15-5-3-4-13(9-15)16(18)19/h6-8,13,15,17H,3-5,9-10H2,1-2H3,(H,18,19). The SMILES string of the molecule is Cc1ccc(C)c(CNC2CCCC(C(=O)O)C2)c1. The van der Waals surface area contributed by atoms with Crippen LogP contribution in [0.3, 0.4) is 0 Å². The molecule has 104 valence electrons. The molecule has 1 aromatic rings.